The molecule has 0 bridgehead atoms. The van der Waals surface area contributed by atoms with E-state index in [1.54, 1.807) is 36.4 Å². The van der Waals surface area contributed by atoms with E-state index in [1.165, 1.54) is 11.3 Å². The summed E-state index contributed by atoms with van der Waals surface area (Å²) in [6, 6.07) is 15.9. The molecule has 0 N–H and O–H groups in total. The Hall–Kier alpha value is -3.93. The molecule has 6 heteroatoms. The second-order valence-electron chi connectivity index (χ2n) is 8.64. The van der Waals surface area contributed by atoms with Gasteiger partial charge in [-0.25, -0.2) is 9.69 Å². The summed E-state index contributed by atoms with van der Waals surface area (Å²) >= 11 is 0. The van der Waals surface area contributed by atoms with E-state index >= 15 is 0 Å². The highest BCUT2D eigenvalue weighted by Gasteiger charge is 2.34. The third-order valence-electron chi connectivity index (χ3n) is 6.46. The topological polar surface area (TPSA) is 72.9 Å². The lowest BCUT2D eigenvalue weighted by atomic mass is 9.92. The summed E-state index contributed by atoms with van der Waals surface area (Å²) in [6.07, 6.45) is 6.88. The Kier molecular flexibility index (Phi) is 5.88. The van der Waals surface area contributed by atoms with Crippen LogP contribution >= 0.6 is 0 Å². The van der Waals surface area contributed by atoms with E-state index in [4.69, 9.17) is 9.47 Å². The van der Waals surface area contributed by atoms with Crippen molar-refractivity contribution in [3.05, 3.63) is 83.9 Å². The summed E-state index contributed by atoms with van der Waals surface area (Å²) < 4.78 is 11.4. The maximum Gasteiger partial charge on any atom is 0.330 e. The van der Waals surface area contributed by atoms with Gasteiger partial charge in [0, 0.05) is 28.0 Å². The summed E-state index contributed by atoms with van der Waals surface area (Å²) in [5, 5.41) is 1.44. The Balaban J connectivity index is 1.46. The van der Waals surface area contributed by atoms with Gasteiger partial charge < -0.3 is 9.47 Å². The van der Waals surface area contributed by atoms with Gasteiger partial charge in [-0.1, -0.05) is 37.3 Å². The van der Waals surface area contributed by atoms with Crippen LogP contribution in [0.25, 0.3) is 10.8 Å². The van der Waals surface area contributed by atoms with Crippen LogP contribution in [0.2, 0.25) is 0 Å². The first-order valence-electron chi connectivity index (χ1n) is 11.6. The molecule has 6 nitrogen and oxygen atoms in total. The van der Waals surface area contributed by atoms with E-state index in [0.717, 1.165) is 48.5 Å². The maximum atomic E-state index is 13.4. The lowest BCUT2D eigenvalue weighted by Gasteiger charge is -2.29. The first-order valence-corrected chi connectivity index (χ1v) is 11.6. The van der Waals surface area contributed by atoms with E-state index in [1.807, 2.05) is 18.2 Å². The molecule has 1 saturated carbocycles. The number of amides is 2. The van der Waals surface area contributed by atoms with Crippen molar-refractivity contribution in [3.63, 3.8) is 0 Å². The summed E-state index contributed by atoms with van der Waals surface area (Å²) in [4.78, 5) is 39.4. The number of hydrogen-bond donors (Lipinski definition) is 0. The van der Waals surface area contributed by atoms with Gasteiger partial charge in [0.15, 0.2) is 0 Å². The smallest absolute Gasteiger partial charge is 0.330 e. The average molecular weight is 456 g/mol. The van der Waals surface area contributed by atoms with Gasteiger partial charge in [-0.3, -0.25) is 9.59 Å². The second-order valence-corrected chi connectivity index (χ2v) is 8.64. The fourth-order valence-corrected chi connectivity index (χ4v) is 4.72. The van der Waals surface area contributed by atoms with Gasteiger partial charge in [0.1, 0.15) is 12.4 Å². The SMILES string of the molecule is C=CC(=O)OCc1ccc(N2C(=O)c3cccc4c(OC5CCCCC5)ccc(c34)C2=O)cc1. The number of anilines is 1. The molecule has 172 valence electrons. The van der Waals surface area contributed by atoms with Crippen LogP contribution in [0.15, 0.2) is 67.3 Å². The highest BCUT2D eigenvalue weighted by molar-refractivity contribution is 6.36. The molecule has 1 aliphatic heterocycles. The molecular weight excluding hydrogens is 430 g/mol. The molecule has 0 spiro atoms. The number of benzene rings is 3. The molecule has 3 aromatic carbocycles. The Labute approximate surface area is 197 Å². The van der Waals surface area contributed by atoms with Gasteiger partial charge in [-0.2, -0.15) is 0 Å². The average Bonchev–Trinajstić information content (AvgIpc) is 2.88. The second kappa shape index (κ2) is 9.14. The molecule has 34 heavy (non-hydrogen) atoms. The van der Waals surface area contributed by atoms with Gasteiger partial charge >= 0.3 is 5.97 Å². The number of esters is 1. The van der Waals surface area contributed by atoms with Crippen LogP contribution in [0.4, 0.5) is 5.69 Å². The van der Waals surface area contributed by atoms with E-state index < -0.39 is 5.97 Å². The first-order chi connectivity index (χ1) is 16.6. The summed E-state index contributed by atoms with van der Waals surface area (Å²) in [5.74, 6) is -0.533. The number of nitrogens with zero attached hydrogens (tertiary/aromatic N) is 1. The molecule has 0 atom stereocenters. The molecular formula is C28H25NO5. The number of ether oxygens (including phenoxy) is 2. The number of hydrogen-bond acceptors (Lipinski definition) is 5. The lowest BCUT2D eigenvalue weighted by molar-refractivity contribution is -0.138. The van der Waals surface area contributed by atoms with E-state index in [2.05, 4.69) is 6.58 Å². The number of imide groups is 1. The molecule has 2 aliphatic rings. The Morgan fingerprint density at radius 3 is 2.35 bits per heavy atom. The predicted octanol–water partition coefficient (Wildman–Crippen LogP) is 5.58. The predicted molar refractivity (Wildman–Crippen MR) is 129 cm³/mol. The summed E-state index contributed by atoms with van der Waals surface area (Å²) in [5.41, 5.74) is 2.15. The zero-order valence-electron chi connectivity index (χ0n) is 18.8. The van der Waals surface area contributed by atoms with Crippen LogP contribution < -0.4 is 9.64 Å². The molecule has 0 aromatic heterocycles. The fraction of sp³-hybridized carbons (Fsp3) is 0.250. The third-order valence-corrected chi connectivity index (χ3v) is 6.46. The minimum absolute atomic E-state index is 0.0823. The molecule has 0 saturated heterocycles. The quantitative estimate of drug-likeness (QED) is 0.276. The van der Waals surface area contributed by atoms with Crippen molar-refractivity contribution in [2.75, 3.05) is 4.90 Å². The van der Waals surface area contributed by atoms with Crippen LogP contribution in [0.1, 0.15) is 58.4 Å². The lowest BCUT2D eigenvalue weighted by Crippen LogP contribution is -2.40. The van der Waals surface area contributed by atoms with Crippen molar-refractivity contribution in [2.24, 2.45) is 0 Å². The standard InChI is InChI=1S/C28H25NO5/c1-2-25(30)33-17-18-11-13-19(14-12-18)29-27(31)22-10-6-9-21-24(34-20-7-4-3-5-8-20)16-15-23(26(21)22)28(29)32/h2,6,9-16,20H,1,3-5,7-8,17H2. The number of carbonyl (C=O) groups excluding carboxylic acids is 3. The van der Waals surface area contributed by atoms with Crippen LogP contribution in [-0.4, -0.2) is 23.9 Å². The Morgan fingerprint density at radius 1 is 0.941 bits per heavy atom. The Morgan fingerprint density at radius 2 is 1.65 bits per heavy atom. The van der Waals surface area contributed by atoms with Gasteiger partial charge in [-0.05, 0) is 61.6 Å². The van der Waals surface area contributed by atoms with Crippen LogP contribution in [0.5, 0.6) is 5.75 Å². The highest BCUT2D eigenvalue weighted by Crippen LogP contribution is 2.38. The molecule has 1 fully saturated rings. The van der Waals surface area contributed by atoms with E-state index in [0.29, 0.717) is 22.2 Å². The van der Waals surface area contributed by atoms with Crippen molar-refractivity contribution in [3.8, 4) is 5.75 Å². The number of carbonyl (C=O) groups is 3. The van der Waals surface area contributed by atoms with Gasteiger partial charge in [-0.15, -0.1) is 0 Å². The molecule has 3 aromatic rings. The monoisotopic (exact) mass is 455 g/mol. The number of rotatable bonds is 6. The first kappa shape index (κ1) is 21.9. The van der Waals surface area contributed by atoms with Crippen LogP contribution in [-0.2, 0) is 16.1 Å². The molecule has 1 heterocycles. The zero-order valence-corrected chi connectivity index (χ0v) is 18.8. The fourth-order valence-electron chi connectivity index (χ4n) is 4.72. The maximum absolute atomic E-state index is 13.4. The van der Waals surface area contributed by atoms with Gasteiger partial charge in [0.2, 0.25) is 0 Å². The zero-order chi connectivity index (χ0) is 23.7. The normalized spacial score (nSPS) is 15.9. The van der Waals surface area contributed by atoms with Gasteiger partial charge in [0.25, 0.3) is 11.8 Å². The van der Waals surface area contributed by atoms with Crippen LogP contribution in [0, 0.1) is 0 Å². The van der Waals surface area contributed by atoms with E-state index in [9.17, 15) is 14.4 Å². The minimum atomic E-state index is -0.512. The van der Waals surface area contributed by atoms with E-state index in [-0.39, 0.29) is 24.5 Å². The minimum Gasteiger partial charge on any atom is -0.490 e. The van der Waals surface area contributed by atoms with Crippen molar-refractivity contribution >= 4 is 34.2 Å². The molecule has 2 amide bonds. The van der Waals surface area contributed by atoms with Crippen molar-refractivity contribution in [1.82, 2.24) is 0 Å². The summed E-state index contributed by atoms with van der Waals surface area (Å²) in [6.45, 7) is 3.45. The Bertz CT molecular complexity index is 1270. The van der Waals surface area contributed by atoms with Gasteiger partial charge in [0.05, 0.1) is 11.8 Å². The van der Waals surface area contributed by atoms with Crippen LogP contribution in [0.3, 0.4) is 0 Å². The summed E-state index contributed by atoms with van der Waals surface area (Å²) in [7, 11) is 0. The van der Waals surface area contributed by atoms with Crippen molar-refractivity contribution < 1.29 is 23.9 Å². The van der Waals surface area contributed by atoms with Crippen molar-refractivity contribution in [1.29, 1.82) is 0 Å². The third kappa shape index (κ3) is 3.96. The molecule has 1 aliphatic carbocycles. The van der Waals surface area contributed by atoms with Crippen molar-refractivity contribution in [2.45, 2.75) is 44.8 Å². The molecule has 0 unspecified atom stereocenters. The highest BCUT2D eigenvalue weighted by atomic mass is 16.5. The molecule has 5 rings (SSSR count). The molecule has 0 radical (unpaired) electrons. The largest absolute Gasteiger partial charge is 0.490 e.